The maximum atomic E-state index is 3.88. The number of hydrogen-bond acceptors (Lipinski definition) is 0. The molecule has 0 nitrogen and oxygen atoms in total. The maximum absolute atomic E-state index is 3.88. The summed E-state index contributed by atoms with van der Waals surface area (Å²) in [7, 11) is 0. The molecule has 62 valence electrons. The van der Waals surface area contributed by atoms with Crippen molar-refractivity contribution in [2.24, 2.45) is 17.3 Å². The Balaban J connectivity index is 2.37. The first kappa shape index (κ1) is 7.60. The molecule has 0 aliphatic heterocycles. The van der Waals surface area contributed by atoms with E-state index in [-0.39, 0.29) is 0 Å². The summed E-state index contributed by atoms with van der Waals surface area (Å²) in [5, 5.41) is 0. The number of fused-ring (bicyclic) bond motifs is 1. The molecule has 0 radical (unpaired) electrons. The Morgan fingerprint density at radius 1 is 1.25 bits per heavy atom. The van der Waals surface area contributed by atoms with Crippen molar-refractivity contribution in [2.45, 2.75) is 6.92 Å². The standard InChI is InChI=1S/C12H14/c1-3-10-6-4-5-7-11-8-9-12(10,11)2/h3-11H,1H2,2H3. The number of hydrogen-bond donors (Lipinski definition) is 0. The van der Waals surface area contributed by atoms with Crippen LogP contribution in [0.3, 0.4) is 0 Å². The van der Waals surface area contributed by atoms with E-state index in [9.17, 15) is 0 Å². The fourth-order valence-electron chi connectivity index (χ4n) is 2.02. The van der Waals surface area contributed by atoms with Gasteiger partial charge in [0.15, 0.2) is 0 Å². The van der Waals surface area contributed by atoms with Crippen molar-refractivity contribution < 1.29 is 0 Å². The predicted octanol–water partition coefficient (Wildman–Crippen LogP) is 3.11. The molecule has 0 aromatic heterocycles. The van der Waals surface area contributed by atoms with Gasteiger partial charge in [-0.3, -0.25) is 0 Å². The topological polar surface area (TPSA) is 0 Å². The minimum Gasteiger partial charge on any atom is -0.102 e. The SMILES string of the molecule is C=CC1C=CC=CC2C=CC12C. The largest absolute Gasteiger partial charge is 0.102 e. The summed E-state index contributed by atoms with van der Waals surface area (Å²) >= 11 is 0. The Labute approximate surface area is 74.0 Å². The van der Waals surface area contributed by atoms with Gasteiger partial charge >= 0.3 is 0 Å². The normalized spacial score (nSPS) is 43.1. The Morgan fingerprint density at radius 3 is 2.58 bits per heavy atom. The summed E-state index contributed by atoms with van der Waals surface area (Å²) < 4.78 is 0. The van der Waals surface area contributed by atoms with Crippen molar-refractivity contribution in [1.29, 1.82) is 0 Å². The number of rotatable bonds is 1. The molecule has 2 rings (SSSR count). The van der Waals surface area contributed by atoms with E-state index in [1.807, 2.05) is 6.08 Å². The lowest BCUT2D eigenvalue weighted by Gasteiger charge is -2.42. The Hall–Kier alpha value is -1.04. The average molecular weight is 158 g/mol. The average Bonchev–Trinajstić information content (AvgIpc) is 2.16. The van der Waals surface area contributed by atoms with Crippen LogP contribution in [-0.4, -0.2) is 0 Å². The van der Waals surface area contributed by atoms with Crippen LogP contribution in [-0.2, 0) is 0 Å². The quantitative estimate of drug-likeness (QED) is 0.514. The van der Waals surface area contributed by atoms with E-state index in [4.69, 9.17) is 0 Å². The van der Waals surface area contributed by atoms with E-state index in [0.29, 0.717) is 17.3 Å². The molecule has 12 heavy (non-hydrogen) atoms. The molecule has 2 aliphatic carbocycles. The zero-order valence-electron chi connectivity index (χ0n) is 7.40. The van der Waals surface area contributed by atoms with Gasteiger partial charge in [-0.1, -0.05) is 49.5 Å². The van der Waals surface area contributed by atoms with Crippen LogP contribution in [0.5, 0.6) is 0 Å². The predicted molar refractivity (Wildman–Crippen MR) is 52.7 cm³/mol. The van der Waals surface area contributed by atoms with Crippen LogP contribution in [0.4, 0.5) is 0 Å². The van der Waals surface area contributed by atoms with Crippen molar-refractivity contribution in [3.8, 4) is 0 Å². The highest BCUT2D eigenvalue weighted by Gasteiger charge is 2.40. The molecule has 0 saturated heterocycles. The monoisotopic (exact) mass is 158 g/mol. The van der Waals surface area contributed by atoms with Crippen LogP contribution < -0.4 is 0 Å². The van der Waals surface area contributed by atoms with Crippen LogP contribution in [0, 0.1) is 17.3 Å². The fraction of sp³-hybridized carbons (Fsp3) is 0.333. The minimum atomic E-state index is 0.297. The van der Waals surface area contributed by atoms with Gasteiger partial charge in [-0.05, 0) is 0 Å². The lowest BCUT2D eigenvalue weighted by atomic mass is 9.61. The van der Waals surface area contributed by atoms with E-state index >= 15 is 0 Å². The molecule has 2 aliphatic rings. The highest BCUT2D eigenvalue weighted by atomic mass is 14.4. The summed E-state index contributed by atoms with van der Waals surface area (Å²) in [5.41, 5.74) is 0.297. The highest BCUT2D eigenvalue weighted by molar-refractivity contribution is 5.32. The molecule has 0 aromatic carbocycles. The van der Waals surface area contributed by atoms with E-state index in [0.717, 1.165) is 0 Å². The van der Waals surface area contributed by atoms with Crippen LogP contribution in [0.2, 0.25) is 0 Å². The summed E-state index contributed by atoms with van der Waals surface area (Å²) in [4.78, 5) is 0. The zero-order chi connectivity index (χ0) is 8.60. The second kappa shape index (κ2) is 2.48. The van der Waals surface area contributed by atoms with Gasteiger partial charge in [0, 0.05) is 17.3 Å². The van der Waals surface area contributed by atoms with Gasteiger partial charge in [-0.25, -0.2) is 0 Å². The maximum Gasteiger partial charge on any atom is 0.00485 e. The second-order valence-corrected chi connectivity index (χ2v) is 3.78. The first-order valence-corrected chi connectivity index (χ1v) is 4.44. The van der Waals surface area contributed by atoms with E-state index in [1.165, 1.54) is 0 Å². The molecular weight excluding hydrogens is 144 g/mol. The molecule has 0 N–H and O–H groups in total. The summed E-state index contributed by atoms with van der Waals surface area (Å²) in [6.45, 7) is 6.17. The van der Waals surface area contributed by atoms with Crippen LogP contribution in [0.1, 0.15) is 6.92 Å². The van der Waals surface area contributed by atoms with Crippen molar-refractivity contribution in [2.75, 3.05) is 0 Å². The highest BCUT2D eigenvalue weighted by Crippen LogP contribution is 2.48. The molecule has 0 fully saturated rings. The third-order valence-corrected chi connectivity index (χ3v) is 3.10. The molecule has 0 heterocycles. The van der Waals surface area contributed by atoms with Crippen LogP contribution in [0.15, 0.2) is 49.1 Å². The second-order valence-electron chi connectivity index (χ2n) is 3.78. The number of allylic oxidation sites excluding steroid dienone is 7. The van der Waals surface area contributed by atoms with Gasteiger partial charge in [0.1, 0.15) is 0 Å². The van der Waals surface area contributed by atoms with Crippen molar-refractivity contribution in [3.05, 3.63) is 49.1 Å². The third kappa shape index (κ3) is 0.842. The first-order chi connectivity index (χ1) is 5.77. The molecule has 0 bridgehead atoms. The van der Waals surface area contributed by atoms with Crippen molar-refractivity contribution in [1.82, 2.24) is 0 Å². The van der Waals surface area contributed by atoms with Crippen LogP contribution >= 0.6 is 0 Å². The zero-order valence-corrected chi connectivity index (χ0v) is 7.40. The van der Waals surface area contributed by atoms with Crippen molar-refractivity contribution >= 4 is 0 Å². The summed E-state index contributed by atoms with van der Waals surface area (Å²) in [6.07, 6.45) is 15.4. The van der Waals surface area contributed by atoms with Gasteiger partial charge < -0.3 is 0 Å². The molecular formula is C12H14. The fourth-order valence-corrected chi connectivity index (χ4v) is 2.02. The minimum absolute atomic E-state index is 0.297. The molecule has 0 spiro atoms. The molecule has 0 heteroatoms. The first-order valence-electron chi connectivity index (χ1n) is 4.44. The Kier molecular flexibility index (Phi) is 1.57. The Bertz CT molecular complexity index is 280. The van der Waals surface area contributed by atoms with Crippen LogP contribution in [0.25, 0.3) is 0 Å². The molecule has 3 atom stereocenters. The van der Waals surface area contributed by atoms with E-state index in [2.05, 4.69) is 50.0 Å². The lowest BCUT2D eigenvalue weighted by Crippen LogP contribution is -2.35. The molecule has 0 aromatic rings. The third-order valence-electron chi connectivity index (χ3n) is 3.10. The van der Waals surface area contributed by atoms with Crippen molar-refractivity contribution in [3.63, 3.8) is 0 Å². The summed E-state index contributed by atoms with van der Waals surface area (Å²) in [6, 6.07) is 0. The molecule has 0 amide bonds. The smallest absolute Gasteiger partial charge is 0.00485 e. The summed E-state index contributed by atoms with van der Waals surface area (Å²) in [5.74, 6) is 1.10. The van der Waals surface area contributed by atoms with Gasteiger partial charge in [-0.2, -0.15) is 0 Å². The van der Waals surface area contributed by atoms with Gasteiger partial charge in [0.25, 0.3) is 0 Å². The Morgan fingerprint density at radius 2 is 2.00 bits per heavy atom. The van der Waals surface area contributed by atoms with Gasteiger partial charge in [0.05, 0.1) is 0 Å². The lowest BCUT2D eigenvalue weighted by molar-refractivity contribution is 0.263. The molecule has 3 unspecified atom stereocenters. The van der Waals surface area contributed by atoms with E-state index in [1.54, 1.807) is 0 Å². The molecule has 0 saturated carbocycles. The van der Waals surface area contributed by atoms with E-state index < -0.39 is 0 Å². The van der Waals surface area contributed by atoms with Gasteiger partial charge in [0.2, 0.25) is 0 Å². The van der Waals surface area contributed by atoms with Gasteiger partial charge in [-0.15, -0.1) is 6.58 Å².